The minimum absolute atomic E-state index is 0.0299. The maximum absolute atomic E-state index is 10.8. The average molecular weight is 271 g/mol. The van der Waals surface area contributed by atoms with E-state index in [0.29, 0.717) is 0 Å². The first-order valence-electron chi connectivity index (χ1n) is 3.91. The summed E-state index contributed by atoms with van der Waals surface area (Å²) in [6.45, 7) is 0. The van der Waals surface area contributed by atoms with Gasteiger partial charge < -0.3 is 33.8 Å². The van der Waals surface area contributed by atoms with Crippen LogP contribution in [0.3, 0.4) is 0 Å². The second-order valence-corrected chi connectivity index (χ2v) is 7.03. The van der Waals surface area contributed by atoms with E-state index in [2.05, 4.69) is 9.97 Å². The molecule has 0 aliphatic carbocycles. The first kappa shape index (κ1) is 13.5. The first-order chi connectivity index (χ1) is 7.08. The van der Waals surface area contributed by atoms with E-state index >= 15 is 0 Å². The minimum Gasteiger partial charge on any atom is -0.776 e. The summed E-state index contributed by atoms with van der Waals surface area (Å²) in [5, 5.41) is 5.73. The lowest BCUT2D eigenvalue weighted by Gasteiger charge is -2.41. The Balaban J connectivity index is 3.18. The largest absolute Gasteiger partial charge is 0.776 e. The fourth-order valence-corrected chi connectivity index (χ4v) is 3.05. The van der Waals surface area contributed by atoms with Gasteiger partial charge in [-0.1, -0.05) is 0 Å². The zero-order chi connectivity index (χ0) is 12.6. The molecule has 5 N–H and O–H groups in total. The van der Waals surface area contributed by atoms with Crippen LogP contribution in [0.5, 0.6) is 0 Å². The smallest absolute Gasteiger partial charge is 0.239 e. The van der Waals surface area contributed by atoms with Crippen LogP contribution in [0.4, 0.5) is 0 Å². The summed E-state index contributed by atoms with van der Waals surface area (Å²) in [7, 11) is -11.4. The van der Waals surface area contributed by atoms with Crippen LogP contribution in [-0.2, 0) is 15.6 Å². The highest BCUT2D eigenvalue weighted by molar-refractivity contribution is 7.70. The summed E-state index contributed by atoms with van der Waals surface area (Å²) in [6.07, 6.45) is 1.37. The Morgan fingerprint density at radius 3 is 2.19 bits per heavy atom. The highest BCUT2D eigenvalue weighted by Crippen LogP contribution is 2.64. The van der Waals surface area contributed by atoms with Gasteiger partial charge in [0.15, 0.2) is 20.3 Å². The summed E-state index contributed by atoms with van der Waals surface area (Å²) >= 11 is 0. The fraction of sp³-hybridized carbons (Fsp3) is 0.400. The average Bonchev–Trinajstić information content (AvgIpc) is 2.52. The van der Waals surface area contributed by atoms with E-state index < -0.39 is 26.7 Å². The quantitative estimate of drug-likeness (QED) is 0.425. The molecule has 0 saturated carbocycles. The number of hydrogen-bond acceptors (Lipinski definition) is 5. The van der Waals surface area contributed by atoms with Crippen LogP contribution in [0.15, 0.2) is 12.5 Å². The third-order valence-electron chi connectivity index (χ3n) is 1.93. The zero-order valence-electron chi connectivity index (χ0n) is 7.73. The van der Waals surface area contributed by atoms with E-state index in [1.165, 1.54) is 6.33 Å². The number of aliphatic hydroxyl groups is 1. The molecule has 0 fully saturated rings. The third kappa shape index (κ3) is 2.41. The molecule has 0 bridgehead atoms. The molecule has 0 amide bonds. The van der Waals surface area contributed by atoms with E-state index in [9.17, 15) is 24.0 Å². The molecule has 16 heavy (non-hydrogen) atoms. The number of aromatic nitrogens is 2. The van der Waals surface area contributed by atoms with Crippen molar-refractivity contribution < 1.29 is 38.8 Å². The van der Waals surface area contributed by atoms with Crippen LogP contribution in [-0.4, -0.2) is 25.0 Å². The summed E-state index contributed by atoms with van der Waals surface area (Å²) in [5.74, 6) is 0. The summed E-state index contributed by atoms with van der Waals surface area (Å²) in [5.41, 5.74) is -0.0299. The van der Waals surface area contributed by atoms with E-state index in [1.54, 1.807) is 0 Å². The molecule has 0 aromatic carbocycles. The molecule has 2 atom stereocenters. The second kappa shape index (κ2) is 4.05. The van der Waals surface area contributed by atoms with Gasteiger partial charge in [0.05, 0.1) is 6.42 Å². The summed E-state index contributed by atoms with van der Waals surface area (Å²) in [4.78, 5) is 43.8. The van der Waals surface area contributed by atoms with Crippen molar-refractivity contribution in [1.29, 1.82) is 0 Å². The Bertz CT molecular complexity index is 423. The predicted octanol–water partition coefficient (Wildman–Crippen LogP) is -2.89. The molecule has 92 valence electrons. The summed E-state index contributed by atoms with van der Waals surface area (Å²) in [6, 6.07) is 0. The number of nitrogens with one attached hydrogen (secondary N) is 2. The molecule has 1 heterocycles. The fourth-order valence-electron chi connectivity index (χ4n) is 1.04. The zero-order valence-corrected chi connectivity index (χ0v) is 9.52. The van der Waals surface area contributed by atoms with Crippen molar-refractivity contribution >= 4 is 15.2 Å². The van der Waals surface area contributed by atoms with Gasteiger partial charge in [0.2, 0.25) is 6.33 Å². The lowest BCUT2D eigenvalue weighted by atomic mass is 10.3. The van der Waals surface area contributed by atoms with Crippen LogP contribution in [0.25, 0.3) is 0 Å². The Morgan fingerprint density at radius 1 is 1.38 bits per heavy atom. The highest BCUT2D eigenvalue weighted by atomic mass is 31.2. The van der Waals surface area contributed by atoms with E-state index in [-0.39, 0.29) is 5.69 Å². The van der Waals surface area contributed by atoms with Gasteiger partial charge in [-0.25, -0.2) is 4.98 Å². The molecule has 1 aromatic rings. The van der Waals surface area contributed by atoms with Crippen molar-refractivity contribution in [2.75, 3.05) is 0 Å². The monoisotopic (exact) mass is 271 g/mol. The maximum atomic E-state index is 10.8. The Hall–Kier alpha value is -0.530. The van der Waals surface area contributed by atoms with Crippen molar-refractivity contribution in [2.24, 2.45) is 0 Å². The Morgan fingerprint density at radius 2 is 1.88 bits per heavy atom. The van der Waals surface area contributed by atoms with Crippen molar-refractivity contribution in [1.82, 2.24) is 4.98 Å². The molecular formula is C5H9N2O7P2-. The molecule has 11 heteroatoms. The van der Waals surface area contributed by atoms with Gasteiger partial charge in [0.25, 0.3) is 0 Å². The van der Waals surface area contributed by atoms with Crippen LogP contribution in [0, 0.1) is 0 Å². The normalized spacial score (nSPS) is 23.1. The minimum atomic E-state index is -5.70. The topological polar surface area (TPSA) is 171 Å². The summed E-state index contributed by atoms with van der Waals surface area (Å²) < 4.78 is 21.6. The molecule has 1 rings (SSSR count). The molecule has 0 aliphatic heterocycles. The molecule has 0 aliphatic rings. The highest BCUT2D eigenvalue weighted by Gasteiger charge is 2.48. The third-order valence-corrected chi connectivity index (χ3v) is 5.57. The van der Waals surface area contributed by atoms with Gasteiger partial charge in [-0.15, -0.1) is 0 Å². The van der Waals surface area contributed by atoms with E-state index in [4.69, 9.17) is 9.79 Å². The lowest BCUT2D eigenvalue weighted by molar-refractivity contribution is -0.376. The van der Waals surface area contributed by atoms with Gasteiger partial charge in [-0.05, 0) is 0 Å². The van der Waals surface area contributed by atoms with Crippen LogP contribution in [0.2, 0.25) is 0 Å². The van der Waals surface area contributed by atoms with E-state index in [1.807, 2.05) is 0 Å². The molecule has 0 radical (unpaired) electrons. The predicted molar refractivity (Wildman–Crippen MR) is 45.7 cm³/mol. The molecule has 2 unspecified atom stereocenters. The number of imidazole rings is 1. The molecule has 1 aromatic heterocycles. The Kier molecular flexibility index (Phi) is 3.42. The number of H-pyrrole nitrogens is 2. The molecule has 0 spiro atoms. The standard InChI is InChI=1S/C5H10N2O7P2/c8-5(15(9,10)11,16(12,13)14)1-4-2-6-3-7-4/h2-3,8H,1H2,(H,6,7)(H2,9,10,11)(H2,12,13,14)/p-1. The van der Waals surface area contributed by atoms with Gasteiger partial charge in [0, 0.05) is 0 Å². The lowest BCUT2D eigenvalue weighted by Crippen LogP contribution is -2.39. The number of aromatic amines is 2. The van der Waals surface area contributed by atoms with Crippen LogP contribution < -0.4 is 14.8 Å². The van der Waals surface area contributed by atoms with E-state index in [0.717, 1.165) is 6.20 Å². The van der Waals surface area contributed by atoms with Crippen molar-refractivity contribution in [3.63, 3.8) is 0 Å². The van der Waals surface area contributed by atoms with Crippen LogP contribution in [0.1, 0.15) is 5.69 Å². The number of rotatable bonds is 4. The second-order valence-electron chi connectivity index (χ2n) is 3.12. The van der Waals surface area contributed by atoms with Gasteiger partial charge in [-0.2, -0.15) is 0 Å². The molecule has 9 nitrogen and oxygen atoms in total. The number of hydrogen-bond donors (Lipinski definition) is 4. The van der Waals surface area contributed by atoms with Gasteiger partial charge in [0.1, 0.15) is 11.9 Å². The molecule has 0 saturated heterocycles. The first-order valence-corrected chi connectivity index (χ1v) is 7.07. The van der Waals surface area contributed by atoms with Gasteiger partial charge >= 0.3 is 0 Å². The SMILES string of the molecule is O=P([O-])(O)C(O)(Cc1c[nH+]c[nH]1)P(=O)([O-])O. The maximum Gasteiger partial charge on any atom is 0.239 e. The van der Waals surface area contributed by atoms with Crippen molar-refractivity contribution in [3.8, 4) is 0 Å². The van der Waals surface area contributed by atoms with Gasteiger partial charge in [-0.3, -0.25) is 4.98 Å². The Labute approximate surface area is 89.5 Å². The van der Waals surface area contributed by atoms with Crippen LogP contribution >= 0.6 is 15.2 Å². The van der Waals surface area contributed by atoms with Crippen molar-refractivity contribution in [3.05, 3.63) is 18.2 Å². The molecular weight excluding hydrogens is 262 g/mol. The van der Waals surface area contributed by atoms with Crippen molar-refractivity contribution in [2.45, 2.75) is 11.5 Å².